The third-order valence-electron chi connectivity index (χ3n) is 4.74. The molecule has 2 heterocycles. The van der Waals surface area contributed by atoms with E-state index in [1.165, 1.54) is 37.4 Å². The molecule has 148 valence electrons. The summed E-state index contributed by atoms with van der Waals surface area (Å²) in [5.74, 6) is -1.39. The van der Waals surface area contributed by atoms with Gasteiger partial charge in [-0.1, -0.05) is 6.07 Å². The highest BCUT2D eigenvalue weighted by atomic mass is 19.1. The molecule has 2 aromatic rings. The second-order valence-corrected chi connectivity index (χ2v) is 6.84. The Kier molecular flexibility index (Phi) is 6.30. The lowest BCUT2D eigenvalue weighted by Gasteiger charge is -2.17. The maximum absolute atomic E-state index is 13.7. The zero-order valence-electron chi connectivity index (χ0n) is 15.5. The second kappa shape index (κ2) is 8.88. The van der Waals surface area contributed by atoms with Crippen LogP contribution in [0, 0.1) is 11.6 Å². The SMILES string of the molecule is C/C(=C\c1cnc(N[C@@H]2CCN(CCc3c(F)cccc3F)C2)cn1)C(=O)O. The van der Waals surface area contributed by atoms with Crippen molar-refractivity contribution in [3.05, 3.63) is 59.1 Å². The van der Waals surface area contributed by atoms with Crippen LogP contribution in [0.15, 0.2) is 36.2 Å². The van der Waals surface area contributed by atoms with Crippen LogP contribution < -0.4 is 5.32 Å². The molecule has 2 N–H and O–H groups in total. The number of anilines is 1. The molecule has 0 aliphatic carbocycles. The van der Waals surface area contributed by atoms with Crippen LogP contribution in [0.3, 0.4) is 0 Å². The summed E-state index contributed by atoms with van der Waals surface area (Å²) in [6, 6.07) is 4.10. The smallest absolute Gasteiger partial charge is 0.331 e. The molecule has 0 saturated carbocycles. The van der Waals surface area contributed by atoms with Gasteiger partial charge < -0.3 is 15.3 Å². The number of carbonyl (C=O) groups is 1. The van der Waals surface area contributed by atoms with Gasteiger partial charge in [0.1, 0.15) is 17.5 Å². The molecule has 0 radical (unpaired) electrons. The normalized spacial score (nSPS) is 17.7. The summed E-state index contributed by atoms with van der Waals surface area (Å²) in [7, 11) is 0. The molecule has 1 saturated heterocycles. The van der Waals surface area contributed by atoms with E-state index >= 15 is 0 Å². The summed E-state index contributed by atoms with van der Waals surface area (Å²) < 4.78 is 27.4. The molecule has 0 unspecified atom stereocenters. The van der Waals surface area contributed by atoms with Crippen LogP contribution in [0.2, 0.25) is 0 Å². The average Bonchev–Trinajstić information content (AvgIpc) is 3.10. The minimum Gasteiger partial charge on any atom is -0.478 e. The molecule has 1 fully saturated rings. The standard InChI is InChI=1S/C20H22F2N4O2/c1-13(20(27)28)9-15-10-24-19(11-23-15)25-14-5-7-26(12-14)8-6-16-17(21)3-2-4-18(16)22/h2-4,9-11,14H,5-8,12H2,1H3,(H,24,25)(H,27,28)/b13-9+/t14-/m1/s1. The van der Waals surface area contributed by atoms with E-state index in [9.17, 15) is 13.6 Å². The third kappa shape index (κ3) is 5.10. The second-order valence-electron chi connectivity index (χ2n) is 6.84. The third-order valence-corrected chi connectivity index (χ3v) is 4.74. The lowest BCUT2D eigenvalue weighted by Crippen LogP contribution is -2.28. The van der Waals surface area contributed by atoms with E-state index in [-0.39, 0.29) is 17.2 Å². The number of benzene rings is 1. The van der Waals surface area contributed by atoms with Crippen molar-refractivity contribution in [1.29, 1.82) is 0 Å². The van der Waals surface area contributed by atoms with Gasteiger partial charge in [0.15, 0.2) is 0 Å². The van der Waals surface area contributed by atoms with Gasteiger partial charge in [0, 0.05) is 36.8 Å². The van der Waals surface area contributed by atoms with Crippen molar-refractivity contribution >= 4 is 17.9 Å². The van der Waals surface area contributed by atoms with Crippen molar-refractivity contribution < 1.29 is 18.7 Å². The molecule has 1 aromatic carbocycles. The Morgan fingerprint density at radius 3 is 2.71 bits per heavy atom. The lowest BCUT2D eigenvalue weighted by atomic mass is 10.1. The number of carboxylic acid groups (broad SMARTS) is 1. The summed E-state index contributed by atoms with van der Waals surface area (Å²) >= 11 is 0. The summed E-state index contributed by atoms with van der Waals surface area (Å²) in [6.45, 7) is 3.66. The highest BCUT2D eigenvalue weighted by Crippen LogP contribution is 2.17. The first-order valence-electron chi connectivity index (χ1n) is 9.08. The summed E-state index contributed by atoms with van der Waals surface area (Å²) in [4.78, 5) is 21.5. The first-order chi connectivity index (χ1) is 13.4. The van der Waals surface area contributed by atoms with Gasteiger partial charge in [-0.2, -0.15) is 0 Å². The molecule has 0 bridgehead atoms. The fraction of sp³-hybridized carbons (Fsp3) is 0.350. The van der Waals surface area contributed by atoms with Gasteiger partial charge in [-0.05, 0) is 38.0 Å². The Labute approximate surface area is 161 Å². The summed E-state index contributed by atoms with van der Waals surface area (Å²) in [5, 5.41) is 12.2. The Morgan fingerprint density at radius 1 is 1.32 bits per heavy atom. The van der Waals surface area contributed by atoms with E-state index in [2.05, 4.69) is 20.2 Å². The highest BCUT2D eigenvalue weighted by molar-refractivity contribution is 5.91. The highest BCUT2D eigenvalue weighted by Gasteiger charge is 2.23. The number of likely N-dealkylation sites (tertiary alicyclic amines) is 1. The van der Waals surface area contributed by atoms with Crippen molar-refractivity contribution in [2.45, 2.75) is 25.8 Å². The first-order valence-corrected chi connectivity index (χ1v) is 9.08. The predicted octanol–water partition coefficient (Wildman–Crippen LogP) is 2.97. The van der Waals surface area contributed by atoms with Crippen LogP contribution in [-0.4, -0.2) is 51.6 Å². The molecule has 1 atom stereocenters. The van der Waals surface area contributed by atoms with E-state index in [0.717, 1.165) is 19.5 Å². The molecule has 8 heteroatoms. The van der Waals surface area contributed by atoms with Gasteiger partial charge in [-0.25, -0.2) is 18.6 Å². The van der Waals surface area contributed by atoms with E-state index in [4.69, 9.17) is 5.11 Å². The van der Waals surface area contributed by atoms with E-state index in [0.29, 0.717) is 24.5 Å². The quantitative estimate of drug-likeness (QED) is 0.710. The van der Waals surface area contributed by atoms with E-state index in [1.54, 1.807) is 6.20 Å². The van der Waals surface area contributed by atoms with Gasteiger partial charge >= 0.3 is 5.97 Å². The Bertz CT molecular complexity index is 851. The number of rotatable bonds is 7. The van der Waals surface area contributed by atoms with Crippen molar-refractivity contribution in [3.63, 3.8) is 0 Å². The fourth-order valence-electron chi connectivity index (χ4n) is 3.17. The Hall–Kier alpha value is -2.87. The number of hydrogen-bond acceptors (Lipinski definition) is 5. The van der Waals surface area contributed by atoms with Crippen molar-refractivity contribution in [2.24, 2.45) is 0 Å². The molecule has 1 aliphatic heterocycles. The van der Waals surface area contributed by atoms with E-state index in [1.807, 2.05) is 0 Å². The van der Waals surface area contributed by atoms with Crippen LogP contribution >= 0.6 is 0 Å². The molecular formula is C20H22F2N4O2. The Morgan fingerprint density at radius 2 is 2.07 bits per heavy atom. The minimum atomic E-state index is -0.995. The number of carboxylic acids is 1. The maximum atomic E-state index is 13.7. The predicted molar refractivity (Wildman–Crippen MR) is 102 cm³/mol. The van der Waals surface area contributed by atoms with Gasteiger partial charge in [0.2, 0.25) is 0 Å². The van der Waals surface area contributed by atoms with Crippen LogP contribution in [-0.2, 0) is 11.2 Å². The van der Waals surface area contributed by atoms with E-state index < -0.39 is 17.6 Å². The molecule has 1 aliphatic rings. The molecule has 3 rings (SSSR count). The van der Waals surface area contributed by atoms with Crippen LogP contribution in [0.25, 0.3) is 6.08 Å². The maximum Gasteiger partial charge on any atom is 0.331 e. The molecule has 6 nitrogen and oxygen atoms in total. The first kappa shape index (κ1) is 19.9. The summed E-state index contributed by atoms with van der Waals surface area (Å²) in [6.07, 6.45) is 5.76. The van der Waals surface area contributed by atoms with Gasteiger partial charge in [-0.3, -0.25) is 4.98 Å². The van der Waals surface area contributed by atoms with Gasteiger partial charge in [0.25, 0.3) is 0 Å². The molecular weight excluding hydrogens is 366 g/mol. The largest absolute Gasteiger partial charge is 0.478 e. The van der Waals surface area contributed by atoms with Crippen molar-refractivity contribution in [1.82, 2.24) is 14.9 Å². The number of aromatic nitrogens is 2. The number of nitrogens with one attached hydrogen (secondary N) is 1. The van der Waals surface area contributed by atoms with Crippen LogP contribution in [0.1, 0.15) is 24.6 Å². The fourth-order valence-corrected chi connectivity index (χ4v) is 3.17. The number of halogens is 2. The van der Waals surface area contributed by atoms with Crippen molar-refractivity contribution in [3.8, 4) is 0 Å². The Balaban J connectivity index is 1.51. The molecule has 1 aromatic heterocycles. The molecule has 0 spiro atoms. The summed E-state index contributed by atoms with van der Waals surface area (Å²) in [5.41, 5.74) is 0.795. The van der Waals surface area contributed by atoms with Crippen LogP contribution in [0.4, 0.5) is 14.6 Å². The zero-order valence-corrected chi connectivity index (χ0v) is 15.5. The lowest BCUT2D eigenvalue weighted by molar-refractivity contribution is -0.132. The number of hydrogen-bond donors (Lipinski definition) is 2. The number of aliphatic carboxylic acids is 1. The van der Waals surface area contributed by atoms with Crippen molar-refractivity contribution in [2.75, 3.05) is 25.0 Å². The van der Waals surface area contributed by atoms with Crippen LogP contribution in [0.5, 0.6) is 0 Å². The minimum absolute atomic E-state index is 0.130. The average molecular weight is 388 g/mol. The zero-order chi connectivity index (χ0) is 20.1. The van der Waals surface area contributed by atoms with Gasteiger partial charge in [-0.15, -0.1) is 0 Å². The number of nitrogens with zero attached hydrogens (tertiary/aromatic N) is 3. The van der Waals surface area contributed by atoms with Gasteiger partial charge in [0.05, 0.1) is 18.1 Å². The topological polar surface area (TPSA) is 78.4 Å². The molecule has 0 amide bonds. The monoisotopic (exact) mass is 388 g/mol. The molecule has 28 heavy (non-hydrogen) atoms.